The molecule has 10 rings (SSSR count). The third-order valence-electron chi connectivity index (χ3n) is 9.92. The molecule has 0 heterocycles. The van der Waals surface area contributed by atoms with Crippen molar-refractivity contribution in [3.63, 3.8) is 0 Å². The Kier molecular flexibility index (Phi) is 5.67. The third kappa shape index (κ3) is 6.66. The summed E-state index contributed by atoms with van der Waals surface area (Å²) in [6, 6.07) is 35.2. The van der Waals surface area contributed by atoms with Crippen molar-refractivity contribution < 1.29 is 20.6 Å². The molecule has 57 heavy (non-hydrogen) atoms. The summed E-state index contributed by atoms with van der Waals surface area (Å²) in [6.07, 6.45) is 0. The molecule has 0 aliphatic rings. The molecule has 0 fully saturated rings. The van der Waals surface area contributed by atoms with Crippen molar-refractivity contribution in [1.82, 2.24) is 0 Å². The number of nitrogens with zero attached hydrogens (tertiary/aromatic N) is 1. The molecule has 0 amide bonds. The number of rotatable bonds is 8. The molecular formula is C56H39N. The standard InChI is InChI=1S/C56H39N/c1-3-13-40(14-4-1)47-20-11-21-48(39-47)41-25-32-49(33-26-41)57(50-34-27-44(28-35-50)53-24-12-19-42-15-7-9-22-52(42)53)51-36-29-45(30-37-51)55-38-31-43-16-8-10-23-54(43)56(55)46-17-5-2-6-18-46/h1-39H/i7D,9D,12D,15D,19D,22D,24D,25D,26D,27D,28D,32D,33D,34D,35D. The average Bonchev–Trinajstić information content (AvgIpc) is 3.40. The second kappa shape index (κ2) is 15.0. The van der Waals surface area contributed by atoms with E-state index in [1.165, 1.54) is 0 Å². The summed E-state index contributed by atoms with van der Waals surface area (Å²) in [6.45, 7) is 0. The minimum Gasteiger partial charge on any atom is -0.311 e. The Morgan fingerprint density at radius 1 is 0.298 bits per heavy atom. The first-order valence-corrected chi connectivity index (χ1v) is 18.4. The lowest BCUT2D eigenvalue weighted by molar-refractivity contribution is 1.28. The van der Waals surface area contributed by atoms with E-state index in [0.717, 1.165) is 49.1 Å². The Morgan fingerprint density at radius 2 is 0.895 bits per heavy atom. The van der Waals surface area contributed by atoms with Crippen LogP contribution in [0.25, 0.3) is 77.2 Å². The van der Waals surface area contributed by atoms with Crippen molar-refractivity contribution in [3.05, 3.63) is 236 Å². The smallest absolute Gasteiger partial charge is 0.0645 e. The molecule has 0 N–H and O–H groups in total. The Labute approximate surface area is 355 Å². The Morgan fingerprint density at radius 3 is 1.63 bits per heavy atom. The second-order valence-corrected chi connectivity index (χ2v) is 13.4. The highest BCUT2D eigenvalue weighted by molar-refractivity contribution is 6.04. The summed E-state index contributed by atoms with van der Waals surface area (Å²) >= 11 is 0. The van der Waals surface area contributed by atoms with Crippen LogP contribution >= 0.6 is 0 Å². The first kappa shape index (κ1) is 21.6. The molecule has 0 aliphatic heterocycles. The molecule has 0 unspecified atom stereocenters. The largest absolute Gasteiger partial charge is 0.311 e. The van der Waals surface area contributed by atoms with Crippen molar-refractivity contribution in [1.29, 1.82) is 0 Å². The first-order chi connectivity index (χ1) is 34.5. The van der Waals surface area contributed by atoms with Gasteiger partial charge in [-0.2, -0.15) is 0 Å². The molecule has 0 bridgehead atoms. The summed E-state index contributed by atoms with van der Waals surface area (Å²) in [5, 5.41) is 1.17. The fourth-order valence-corrected chi connectivity index (χ4v) is 7.18. The zero-order chi connectivity index (χ0) is 51.0. The molecule has 0 saturated carbocycles. The molecule has 0 aromatic heterocycles. The minimum absolute atomic E-state index is 0.00932. The molecule has 0 radical (unpaired) electrons. The van der Waals surface area contributed by atoms with Crippen molar-refractivity contribution in [2.24, 2.45) is 0 Å². The molecule has 0 atom stereocenters. The molecule has 0 spiro atoms. The van der Waals surface area contributed by atoms with Crippen molar-refractivity contribution >= 4 is 38.6 Å². The maximum Gasteiger partial charge on any atom is 0.0645 e. The van der Waals surface area contributed by atoms with Gasteiger partial charge in [0.1, 0.15) is 0 Å². The number of anilines is 3. The van der Waals surface area contributed by atoms with Gasteiger partial charge in [-0.3, -0.25) is 0 Å². The van der Waals surface area contributed by atoms with Crippen LogP contribution in [0.2, 0.25) is 0 Å². The highest BCUT2D eigenvalue weighted by atomic mass is 15.1. The predicted octanol–water partition coefficient (Wildman–Crippen LogP) is 15.8. The van der Waals surface area contributed by atoms with Crippen LogP contribution < -0.4 is 4.90 Å². The average molecular weight is 741 g/mol. The van der Waals surface area contributed by atoms with Crippen LogP contribution in [-0.4, -0.2) is 0 Å². The fraction of sp³-hybridized carbons (Fsp3) is 0. The van der Waals surface area contributed by atoms with E-state index in [9.17, 15) is 11.0 Å². The summed E-state index contributed by atoms with van der Waals surface area (Å²) < 4.78 is 137. The van der Waals surface area contributed by atoms with E-state index in [0.29, 0.717) is 5.56 Å². The topological polar surface area (TPSA) is 3.24 Å². The lowest BCUT2D eigenvalue weighted by atomic mass is 9.90. The van der Waals surface area contributed by atoms with Crippen molar-refractivity contribution in [3.8, 4) is 55.6 Å². The predicted molar refractivity (Wildman–Crippen MR) is 243 cm³/mol. The SMILES string of the molecule is [2H]c1c([2H])c(N(c2ccc(-c3ccc4ccccc4c3-c3ccccc3)cc2)c2c([2H])c([2H])c(-c3c([2H])c([2H])c([2H])c4c([2H])c([2H])c([2H])c([2H])c34)c([2H])c2[2H])c([2H])c([2H])c1-c1cccc(-c2ccccc2)c1. The highest BCUT2D eigenvalue weighted by Crippen LogP contribution is 2.42. The third-order valence-corrected chi connectivity index (χ3v) is 9.92. The van der Waals surface area contributed by atoms with Crippen LogP contribution in [0.15, 0.2) is 236 Å². The van der Waals surface area contributed by atoms with Gasteiger partial charge in [-0.1, -0.05) is 194 Å². The van der Waals surface area contributed by atoms with Gasteiger partial charge in [0, 0.05) is 17.1 Å². The van der Waals surface area contributed by atoms with Gasteiger partial charge in [-0.05, 0) is 120 Å². The summed E-state index contributed by atoms with van der Waals surface area (Å²) in [5.74, 6) is 0. The van der Waals surface area contributed by atoms with Gasteiger partial charge in [-0.25, -0.2) is 0 Å². The van der Waals surface area contributed by atoms with Crippen molar-refractivity contribution in [2.45, 2.75) is 0 Å². The zero-order valence-corrected chi connectivity index (χ0v) is 30.3. The van der Waals surface area contributed by atoms with E-state index >= 15 is 0 Å². The Hall–Kier alpha value is -7.48. The van der Waals surface area contributed by atoms with Gasteiger partial charge in [0.25, 0.3) is 0 Å². The zero-order valence-electron chi connectivity index (χ0n) is 45.3. The summed E-state index contributed by atoms with van der Waals surface area (Å²) in [5.41, 5.74) is 3.75. The lowest BCUT2D eigenvalue weighted by Crippen LogP contribution is -2.09. The van der Waals surface area contributed by atoms with Gasteiger partial charge in [0.15, 0.2) is 0 Å². The van der Waals surface area contributed by atoms with Gasteiger partial charge in [0.2, 0.25) is 0 Å². The van der Waals surface area contributed by atoms with Crippen LogP contribution in [0.1, 0.15) is 20.6 Å². The number of hydrogen-bond donors (Lipinski definition) is 0. The molecular weight excluding hydrogens is 687 g/mol. The normalized spacial score (nSPS) is 14.8. The van der Waals surface area contributed by atoms with E-state index < -0.39 is 124 Å². The van der Waals surface area contributed by atoms with Crippen LogP contribution in [0.3, 0.4) is 0 Å². The molecule has 10 aromatic rings. The highest BCUT2D eigenvalue weighted by Gasteiger charge is 2.16. The molecule has 1 nitrogen and oxygen atoms in total. The van der Waals surface area contributed by atoms with Gasteiger partial charge in [0.05, 0.1) is 20.6 Å². The van der Waals surface area contributed by atoms with E-state index in [2.05, 4.69) is 0 Å². The van der Waals surface area contributed by atoms with Crippen molar-refractivity contribution in [2.75, 3.05) is 4.90 Å². The maximum absolute atomic E-state index is 9.66. The van der Waals surface area contributed by atoms with Crippen LogP contribution in [0.4, 0.5) is 17.1 Å². The van der Waals surface area contributed by atoms with Crippen LogP contribution in [0.5, 0.6) is 0 Å². The number of benzene rings is 10. The number of fused-ring (bicyclic) bond motifs is 2. The lowest BCUT2D eigenvalue weighted by Gasteiger charge is -2.26. The van der Waals surface area contributed by atoms with Crippen LogP contribution in [0, 0.1) is 0 Å². The van der Waals surface area contributed by atoms with Gasteiger partial charge in [-0.15, -0.1) is 0 Å². The maximum atomic E-state index is 9.66. The first-order valence-electron chi connectivity index (χ1n) is 25.9. The summed E-state index contributed by atoms with van der Waals surface area (Å²) in [7, 11) is 0. The van der Waals surface area contributed by atoms with E-state index in [4.69, 9.17) is 9.60 Å². The Balaban J connectivity index is 1.23. The second-order valence-electron chi connectivity index (χ2n) is 13.4. The van der Waals surface area contributed by atoms with E-state index in [1.807, 2.05) is 103 Å². The van der Waals surface area contributed by atoms with E-state index in [1.54, 1.807) is 42.5 Å². The molecule has 0 saturated heterocycles. The molecule has 268 valence electrons. The molecule has 0 aliphatic carbocycles. The minimum atomic E-state index is -0.791. The Bertz CT molecular complexity index is 3800. The monoisotopic (exact) mass is 740 g/mol. The molecule has 1 heteroatoms. The van der Waals surface area contributed by atoms with E-state index in [-0.39, 0.29) is 11.3 Å². The van der Waals surface area contributed by atoms with Crippen LogP contribution in [-0.2, 0) is 0 Å². The fourth-order valence-electron chi connectivity index (χ4n) is 7.18. The number of hydrogen-bond acceptors (Lipinski definition) is 1. The van der Waals surface area contributed by atoms with Gasteiger partial charge < -0.3 is 4.90 Å². The quantitative estimate of drug-likeness (QED) is 0.150. The summed E-state index contributed by atoms with van der Waals surface area (Å²) in [4.78, 5) is 1.16. The van der Waals surface area contributed by atoms with Gasteiger partial charge >= 0.3 is 0 Å². The molecule has 10 aromatic carbocycles.